The van der Waals surface area contributed by atoms with Crippen LogP contribution >= 0.6 is 0 Å². The lowest BCUT2D eigenvalue weighted by Gasteiger charge is -2.09. The summed E-state index contributed by atoms with van der Waals surface area (Å²) in [6.07, 6.45) is 13.6. The van der Waals surface area contributed by atoms with Gasteiger partial charge in [-0.3, -0.25) is 19.8 Å². The molecule has 5 aromatic rings. The monoisotopic (exact) mass is 503 g/mol. The number of carbonyl (C=O) groups excluding carboxylic acids is 1. The van der Waals surface area contributed by atoms with Crippen LogP contribution < -0.4 is 5.32 Å². The molecule has 3 aromatic carbocycles. The molecule has 5 rings (SSSR count). The number of carbonyl (C=O) groups is 1. The highest BCUT2D eigenvalue weighted by Gasteiger charge is 2.15. The molecule has 0 aliphatic heterocycles. The van der Waals surface area contributed by atoms with Gasteiger partial charge in [0.05, 0.1) is 11.9 Å². The van der Waals surface area contributed by atoms with Crippen molar-refractivity contribution in [3.05, 3.63) is 120 Å². The van der Waals surface area contributed by atoms with Crippen molar-refractivity contribution >= 4 is 11.9 Å². The zero-order chi connectivity index (χ0) is 26.0. The van der Waals surface area contributed by atoms with E-state index in [-0.39, 0.29) is 5.91 Å². The van der Waals surface area contributed by atoms with E-state index >= 15 is 0 Å². The third kappa shape index (κ3) is 6.65. The molecule has 1 amide bonds. The van der Waals surface area contributed by atoms with E-state index < -0.39 is 0 Å². The second kappa shape index (κ2) is 12.7. The van der Waals surface area contributed by atoms with Crippen molar-refractivity contribution < 1.29 is 4.79 Å². The average Bonchev–Trinajstić information content (AvgIpc) is 3.64. The molecule has 0 unspecified atom stereocenters. The van der Waals surface area contributed by atoms with Crippen molar-refractivity contribution in [1.82, 2.24) is 19.7 Å². The Labute approximate surface area is 223 Å². The predicted octanol–water partition coefficient (Wildman–Crippen LogP) is 7.25. The van der Waals surface area contributed by atoms with E-state index in [4.69, 9.17) is 4.98 Å². The van der Waals surface area contributed by atoms with Crippen LogP contribution in [-0.2, 0) is 12.8 Å². The first kappa shape index (κ1) is 25.2. The average molecular weight is 504 g/mol. The zero-order valence-corrected chi connectivity index (χ0v) is 21.5. The Hall–Kier alpha value is -4.45. The molecule has 38 heavy (non-hydrogen) atoms. The highest BCUT2D eigenvalue weighted by atomic mass is 16.1. The molecule has 2 N–H and O–H groups in total. The molecule has 0 radical (unpaired) electrons. The van der Waals surface area contributed by atoms with Gasteiger partial charge in [-0.25, -0.2) is 4.98 Å². The van der Waals surface area contributed by atoms with Gasteiger partial charge in [-0.15, -0.1) is 0 Å². The molecule has 2 aromatic heterocycles. The first-order valence-electron chi connectivity index (χ1n) is 13.3. The summed E-state index contributed by atoms with van der Waals surface area (Å²) in [6.45, 7) is 0. The van der Waals surface area contributed by atoms with Crippen LogP contribution in [-0.4, -0.2) is 25.7 Å². The van der Waals surface area contributed by atoms with Crippen molar-refractivity contribution in [1.29, 1.82) is 0 Å². The zero-order valence-electron chi connectivity index (χ0n) is 21.5. The Morgan fingerprint density at radius 3 is 2.29 bits per heavy atom. The lowest BCUT2D eigenvalue weighted by Crippen LogP contribution is -2.15. The number of nitrogens with one attached hydrogen (secondary N) is 2. The molecule has 6 nitrogen and oxygen atoms in total. The molecule has 0 aliphatic rings. The molecular weight excluding hydrogens is 470 g/mol. The Morgan fingerprint density at radius 1 is 0.789 bits per heavy atom. The number of para-hydroxylation sites is 1. The molecule has 0 saturated carbocycles. The number of aryl methyl sites for hydroxylation is 2. The number of H-pyrrole nitrogens is 1. The van der Waals surface area contributed by atoms with Gasteiger partial charge in [0.25, 0.3) is 5.91 Å². The van der Waals surface area contributed by atoms with Gasteiger partial charge >= 0.3 is 0 Å². The fourth-order valence-electron chi connectivity index (χ4n) is 4.66. The Morgan fingerprint density at radius 2 is 1.53 bits per heavy atom. The fourth-order valence-corrected chi connectivity index (χ4v) is 4.66. The first-order chi connectivity index (χ1) is 18.8. The van der Waals surface area contributed by atoms with Crippen molar-refractivity contribution in [2.75, 3.05) is 5.32 Å². The second-order valence-corrected chi connectivity index (χ2v) is 9.54. The number of hydrogen-bond donors (Lipinski definition) is 2. The van der Waals surface area contributed by atoms with Gasteiger partial charge < -0.3 is 0 Å². The Kier molecular flexibility index (Phi) is 8.41. The number of rotatable bonds is 12. The summed E-state index contributed by atoms with van der Waals surface area (Å²) in [5, 5.41) is 9.87. The Balaban J connectivity index is 1.20. The number of imidazole rings is 1. The lowest BCUT2D eigenvalue weighted by molar-refractivity contribution is 0.102. The van der Waals surface area contributed by atoms with E-state index in [0.717, 1.165) is 41.8 Å². The lowest BCUT2D eigenvalue weighted by atomic mass is 10.0. The molecule has 0 fully saturated rings. The van der Waals surface area contributed by atoms with Gasteiger partial charge in [-0.1, -0.05) is 79.9 Å². The van der Waals surface area contributed by atoms with E-state index in [1.807, 2.05) is 71.6 Å². The van der Waals surface area contributed by atoms with Gasteiger partial charge in [0.1, 0.15) is 0 Å². The normalized spacial score (nSPS) is 10.9. The van der Waals surface area contributed by atoms with Gasteiger partial charge in [0.2, 0.25) is 5.95 Å². The smallest absolute Gasteiger partial charge is 0.258 e. The van der Waals surface area contributed by atoms with Gasteiger partial charge in [-0.2, -0.15) is 5.10 Å². The Bertz CT molecular complexity index is 1430. The van der Waals surface area contributed by atoms with Gasteiger partial charge in [0.15, 0.2) is 0 Å². The number of hydrogen-bond acceptors (Lipinski definition) is 3. The van der Waals surface area contributed by atoms with Crippen LogP contribution in [0.15, 0.2) is 104 Å². The van der Waals surface area contributed by atoms with E-state index in [1.54, 1.807) is 6.20 Å². The van der Waals surface area contributed by atoms with Crippen LogP contribution in [0, 0.1) is 0 Å². The van der Waals surface area contributed by atoms with Crippen LogP contribution in [0.2, 0.25) is 0 Å². The minimum atomic E-state index is -0.192. The number of unbranched alkanes of at least 4 members (excludes halogenated alkanes) is 4. The number of aromatic amines is 1. The molecule has 0 aliphatic carbocycles. The van der Waals surface area contributed by atoms with Gasteiger partial charge in [0, 0.05) is 29.2 Å². The van der Waals surface area contributed by atoms with Gasteiger partial charge in [-0.05, 0) is 61.1 Å². The third-order valence-corrected chi connectivity index (χ3v) is 6.71. The predicted molar refractivity (Wildman–Crippen MR) is 152 cm³/mol. The molecule has 0 saturated heterocycles. The summed E-state index contributed by atoms with van der Waals surface area (Å²) in [7, 11) is 0. The highest BCUT2D eigenvalue weighted by Crippen LogP contribution is 2.22. The van der Waals surface area contributed by atoms with Crippen LogP contribution in [0.25, 0.3) is 16.8 Å². The number of amides is 1. The summed E-state index contributed by atoms with van der Waals surface area (Å²) < 4.78 is 1.97. The van der Waals surface area contributed by atoms with E-state index in [2.05, 4.69) is 45.8 Å². The number of benzene rings is 3. The molecular formula is C32H33N5O. The topological polar surface area (TPSA) is 75.6 Å². The van der Waals surface area contributed by atoms with E-state index in [1.165, 1.54) is 31.2 Å². The van der Waals surface area contributed by atoms with Crippen LogP contribution in [0.1, 0.15) is 53.7 Å². The fraction of sp³-hybridized carbons (Fsp3) is 0.219. The molecule has 0 bridgehead atoms. The van der Waals surface area contributed by atoms with Crippen LogP contribution in [0.5, 0.6) is 0 Å². The highest BCUT2D eigenvalue weighted by molar-refractivity contribution is 6.04. The number of aromatic nitrogens is 4. The number of anilines is 1. The molecule has 2 heterocycles. The maximum absolute atomic E-state index is 13.2. The summed E-state index contributed by atoms with van der Waals surface area (Å²) in [5.41, 5.74) is 5.82. The molecule has 6 heteroatoms. The standard InChI is InChI=1S/C32H33N5O/c38-31(27-17-12-16-26(21-27)28-22-33-34-23-28)36-32-35-29(24-37(32)30-19-10-5-11-20-30)18-9-3-1-2-6-13-25-14-7-4-8-15-25/h4-5,7-8,10-12,14-17,19-24H,1-3,6,9,13,18H2,(H,33,34)(H,35,36,38). The molecule has 192 valence electrons. The van der Waals surface area contributed by atoms with E-state index in [0.29, 0.717) is 11.5 Å². The molecule has 0 atom stereocenters. The third-order valence-electron chi connectivity index (χ3n) is 6.71. The minimum Gasteiger partial charge on any atom is -0.292 e. The first-order valence-corrected chi connectivity index (χ1v) is 13.3. The van der Waals surface area contributed by atoms with Crippen LogP contribution in [0.3, 0.4) is 0 Å². The van der Waals surface area contributed by atoms with Crippen molar-refractivity contribution in [3.63, 3.8) is 0 Å². The summed E-state index contributed by atoms with van der Waals surface area (Å²) in [5.74, 6) is 0.343. The SMILES string of the molecule is O=C(Nc1nc(CCCCCCCc2ccccc2)cn1-c1ccccc1)c1cccc(-c2cn[nH]c2)c1. The van der Waals surface area contributed by atoms with E-state index in [9.17, 15) is 4.79 Å². The molecule has 0 spiro atoms. The minimum absolute atomic E-state index is 0.192. The maximum atomic E-state index is 13.2. The summed E-state index contributed by atoms with van der Waals surface area (Å²) >= 11 is 0. The maximum Gasteiger partial charge on any atom is 0.258 e. The summed E-state index contributed by atoms with van der Waals surface area (Å²) in [4.78, 5) is 18.0. The van der Waals surface area contributed by atoms with Crippen molar-refractivity contribution in [2.45, 2.75) is 44.9 Å². The van der Waals surface area contributed by atoms with Crippen molar-refractivity contribution in [3.8, 4) is 16.8 Å². The van der Waals surface area contributed by atoms with Crippen LogP contribution in [0.4, 0.5) is 5.95 Å². The second-order valence-electron chi connectivity index (χ2n) is 9.54. The largest absolute Gasteiger partial charge is 0.292 e. The quantitative estimate of drug-likeness (QED) is 0.176. The van der Waals surface area contributed by atoms with Crippen molar-refractivity contribution in [2.24, 2.45) is 0 Å². The number of nitrogens with zero attached hydrogens (tertiary/aromatic N) is 3. The summed E-state index contributed by atoms with van der Waals surface area (Å²) in [6, 6.07) is 28.2.